The minimum absolute atomic E-state index is 0.738. The van der Waals surface area contributed by atoms with Crippen LogP contribution in [0.3, 0.4) is 0 Å². The predicted octanol–water partition coefficient (Wildman–Crippen LogP) is 1.83. The lowest BCUT2D eigenvalue weighted by molar-refractivity contribution is 0.426. The SMILES string of the molecule is CCCNC[C@@H]1CCc2nc(N)sc2C1. The molecule has 2 rings (SSSR count). The molecule has 3 nitrogen and oxygen atoms in total. The highest BCUT2D eigenvalue weighted by Gasteiger charge is 2.21. The van der Waals surface area contributed by atoms with Gasteiger partial charge >= 0.3 is 0 Å². The highest BCUT2D eigenvalue weighted by molar-refractivity contribution is 7.15. The first-order valence-electron chi connectivity index (χ1n) is 5.74. The van der Waals surface area contributed by atoms with Crippen LogP contribution < -0.4 is 11.1 Å². The Labute approximate surface area is 95.1 Å². The van der Waals surface area contributed by atoms with Crippen LogP contribution in [0.25, 0.3) is 0 Å². The van der Waals surface area contributed by atoms with Crippen LogP contribution in [-0.2, 0) is 12.8 Å². The zero-order valence-electron chi connectivity index (χ0n) is 9.25. The Bertz CT molecular complexity index is 322. The lowest BCUT2D eigenvalue weighted by Crippen LogP contribution is -2.27. The van der Waals surface area contributed by atoms with Gasteiger partial charge in [0.15, 0.2) is 5.13 Å². The van der Waals surface area contributed by atoms with Crippen molar-refractivity contribution in [1.82, 2.24) is 10.3 Å². The third kappa shape index (κ3) is 2.69. The normalized spacial score (nSPS) is 20.2. The molecule has 0 saturated heterocycles. The molecule has 0 spiro atoms. The van der Waals surface area contributed by atoms with Crippen LogP contribution in [0.2, 0.25) is 0 Å². The smallest absolute Gasteiger partial charge is 0.180 e. The number of anilines is 1. The van der Waals surface area contributed by atoms with Crippen molar-refractivity contribution in [3.63, 3.8) is 0 Å². The van der Waals surface area contributed by atoms with Gasteiger partial charge in [-0.3, -0.25) is 0 Å². The molecule has 0 fully saturated rings. The van der Waals surface area contributed by atoms with Crippen LogP contribution in [0, 0.1) is 5.92 Å². The molecule has 0 unspecified atom stereocenters. The molecule has 1 aliphatic carbocycles. The standard InChI is InChI=1S/C11H19N3S/c1-2-5-13-7-8-3-4-9-10(6-8)15-11(12)14-9/h8,13H,2-7H2,1H3,(H2,12,14)/t8-/m1/s1. The highest BCUT2D eigenvalue weighted by Crippen LogP contribution is 2.30. The summed E-state index contributed by atoms with van der Waals surface area (Å²) in [6.07, 6.45) is 4.75. The van der Waals surface area contributed by atoms with E-state index in [-0.39, 0.29) is 0 Å². The number of aryl methyl sites for hydroxylation is 1. The number of thiazole rings is 1. The van der Waals surface area contributed by atoms with Gasteiger partial charge in [0.05, 0.1) is 5.69 Å². The maximum atomic E-state index is 5.72. The summed E-state index contributed by atoms with van der Waals surface area (Å²) in [6.45, 7) is 4.48. The Morgan fingerprint density at radius 3 is 3.27 bits per heavy atom. The first kappa shape index (κ1) is 10.9. The third-order valence-electron chi connectivity index (χ3n) is 2.92. The minimum atomic E-state index is 0.738. The van der Waals surface area contributed by atoms with Crippen molar-refractivity contribution in [3.8, 4) is 0 Å². The van der Waals surface area contributed by atoms with Crippen molar-refractivity contribution in [2.75, 3.05) is 18.8 Å². The molecule has 3 N–H and O–H groups in total. The van der Waals surface area contributed by atoms with Crippen LogP contribution in [-0.4, -0.2) is 18.1 Å². The summed E-state index contributed by atoms with van der Waals surface area (Å²) in [5.74, 6) is 0.781. The van der Waals surface area contributed by atoms with Crippen molar-refractivity contribution in [2.45, 2.75) is 32.6 Å². The molecule has 1 aromatic heterocycles. The molecule has 0 aliphatic heterocycles. The van der Waals surface area contributed by atoms with Crippen LogP contribution in [0.1, 0.15) is 30.3 Å². The molecule has 0 bridgehead atoms. The number of nitrogens with zero attached hydrogens (tertiary/aromatic N) is 1. The Kier molecular flexibility index (Phi) is 3.59. The van der Waals surface area contributed by atoms with E-state index >= 15 is 0 Å². The number of nitrogens with one attached hydrogen (secondary N) is 1. The zero-order chi connectivity index (χ0) is 10.7. The maximum Gasteiger partial charge on any atom is 0.180 e. The van der Waals surface area contributed by atoms with Gasteiger partial charge in [-0.05, 0) is 44.7 Å². The molecule has 1 aliphatic rings. The largest absolute Gasteiger partial charge is 0.375 e. The highest BCUT2D eigenvalue weighted by atomic mass is 32.1. The molecule has 0 aromatic carbocycles. The van der Waals surface area contributed by atoms with E-state index in [9.17, 15) is 0 Å². The molecule has 1 atom stereocenters. The summed E-state index contributed by atoms with van der Waals surface area (Å²) in [5, 5.41) is 4.23. The van der Waals surface area contributed by atoms with Gasteiger partial charge in [0.2, 0.25) is 0 Å². The second kappa shape index (κ2) is 4.94. The molecular weight excluding hydrogens is 206 g/mol. The van der Waals surface area contributed by atoms with E-state index in [1.54, 1.807) is 11.3 Å². The number of rotatable bonds is 4. The molecule has 0 amide bonds. The topological polar surface area (TPSA) is 50.9 Å². The summed E-state index contributed by atoms with van der Waals surface area (Å²) in [5.41, 5.74) is 6.97. The van der Waals surface area contributed by atoms with Crippen LogP contribution in [0.4, 0.5) is 5.13 Å². The van der Waals surface area contributed by atoms with Crippen molar-refractivity contribution < 1.29 is 0 Å². The Morgan fingerprint density at radius 2 is 2.47 bits per heavy atom. The average molecular weight is 225 g/mol. The first-order chi connectivity index (χ1) is 7.29. The van der Waals surface area contributed by atoms with E-state index in [2.05, 4.69) is 17.2 Å². The summed E-state index contributed by atoms with van der Waals surface area (Å²) < 4.78 is 0. The number of hydrogen-bond acceptors (Lipinski definition) is 4. The zero-order valence-corrected chi connectivity index (χ0v) is 10.1. The summed E-state index contributed by atoms with van der Waals surface area (Å²) in [6, 6.07) is 0. The molecular formula is C11H19N3S. The maximum absolute atomic E-state index is 5.72. The Morgan fingerprint density at radius 1 is 1.60 bits per heavy atom. The molecule has 1 aromatic rings. The van der Waals surface area contributed by atoms with Gasteiger partial charge in [0.25, 0.3) is 0 Å². The minimum Gasteiger partial charge on any atom is -0.375 e. The predicted molar refractivity (Wildman–Crippen MR) is 65.2 cm³/mol. The van der Waals surface area contributed by atoms with Gasteiger partial charge in [0, 0.05) is 4.88 Å². The lowest BCUT2D eigenvalue weighted by atomic mass is 9.91. The molecule has 1 heterocycles. The van der Waals surface area contributed by atoms with E-state index in [0.717, 1.165) is 30.6 Å². The third-order valence-corrected chi connectivity index (χ3v) is 3.87. The van der Waals surface area contributed by atoms with E-state index in [0.29, 0.717) is 0 Å². The first-order valence-corrected chi connectivity index (χ1v) is 6.56. The molecule has 0 radical (unpaired) electrons. The van der Waals surface area contributed by atoms with Crippen molar-refractivity contribution in [1.29, 1.82) is 0 Å². The van der Waals surface area contributed by atoms with Crippen LogP contribution in [0.5, 0.6) is 0 Å². The van der Waals surface area contributed by atoms with Gasteiger partial charge < -0.3 is 11.1 Å². The summed E-state index contributed by atoms with van der Waals surface area (Å²) >= 11 is 1.67. The van der Waals surface area contributed by atoms with Crippen molar-refractivity contribution in [2.24, 2.45) is 5.92 Å². The van der Waals surface area contributed by atoms with Gasteiger partial charge in [-0.25, -0.2) is 4.98 Å². The number of fused-ring (bicyclic) bond motifs is 1. The van der Waals surface area contributed by atoms with Crippen molar-refractivity contribution in [3.05, 3.63) is 10.6 Å². The fourth-order valence-electron chi connectivity index (χ4n) is 2.12. The summed E-state index contributed by atoms with van der Waals surface area (Å²) in [4.78, 5) is 5.78. The molecule has 84 valence electrons. The van der Waals surface area contributed by atoms with Crippen LogP contribution >= 0.6 is 11.3 Å². The number of nitrogen functional groups attached to an aromatic ring is 1. The fraction of sp³-hybridized carbons (Fsp3) is 0.727. The quantitative estimate of drug-likeness (QED) is 0.769. The number of nitrogens with two attached hydrogens (primary N) is 1. The lowest BCUT2D eigenvalue weighted by Gasteiger charge is -2.21. The van der Waals surface area contributed by atoms with Gasteiger partial charge in [-0.2, -0.15) is 0 Å². The second-order valence-corrected chi connectivity index (χ2v) is 5.35. The molecule has 15 heavy (non-hydrogen) atoms. The monoisotopic (exact) mass is 225 g/mol. The number of aromatic nitrogens is 1. The van der Waals surface area contributed by atoms with Gasteiger partial charge in [0.1, 0.15) is 0 Å². The molecule has 4 heteroatoms. The fourth-order valence-corrected chi connectivity index (χ4v) is 3.11. The number of hydrogen-bond donors (Lipinski definition) is 2. The van der Waals surface area contributed by atoms with Gasteiger partial charge in [-0.1, -0.05) is 6.92 Å². The second-order valence-electron chi connectivity index (χ2n) is 4.23. The Balaban J connectivity index is 1.88. The van der Waals surface area contributed by atoms with E-state index in [4.69, 9.17) is 5.73 Å². The molecule has 0 saturated carbocycles. The van der Waals surface area contributed by atoms with E-state index in [1.807, 2.05) is 0 Å². The van der Waals surface area contributed by atoms with Gasteiger partial charge in [-0.15, -0.1) is 11.3 Å². The van der Waals surface area contributed by atoms with Crippen LogP contribution in [0.15, 0.2) is 0 Å². The van der Waals surface area contributed by atoms with E-state index < -0.39 is 0 Å². The Hall–Kier alpha value is -0.610. The average Bonchev–Trinajstić information content (AvgIpc) is 2.57. The van der Waals surface area contributed by atoms with E-state index in [1.165, 1.54) is 29.8 Å². The summed E-state index contributed by atoms with van der Waals surface area (Å²) in [7, 11) is 0. The van der Waals surface area contributed by atoms with Crippen molar-refractivity contribution >= 4 is 16.5 Å².